The molecule has 1 aliphatic heterocycles. The second-order valence-corrected chi connectivity index (χ2v) is 6.27. The lowest BCUT2D eigenvalue weighted by Gasteiger charge is -2.25. The summed E-state index contributed by atoms with van der Waals surface area (Å²) in [7, 11) is -3.69. The van der Waals surface area contributed by atoms with Crippen LogP contribution >= 0.6 is 0 Å². The molecule has 2 atom stereocenters. The third-order valence-electron chi connectivity index (χ3n) is 3.57. The van der Waals surface area contributed by atoms with Crippen LogP contribution in [0.15, 0.2) is 29.2 Å². The Kier molecular flexibility index (Phi) is 3.51. The van der Waals surface area contributed by atoms with Gasteiger partial charge in [0.2, 0.25) is 10.0 Å². The van der Waals surface area contributed by atoms with E-state index in [0.717, 1.165) is 5.69 Å². The fraction of sp³-hybridized carbons (Fsp3) is 0.417. The minimum absolute atomic E-state index is 0.0536. The van der Waals surface area contributed by atoms with Crippen molar-refractivity contribution in [3.8, 4) is 0 Å². The number of hydrogen-bond donors (Lipinski definition) is 2. The highest BCUT2D eigenvalue weighted by atomic mass is 32.2. The molecule has 0 amide bonds. The minimum atomic E-state index is -3.69. The van der Waals surface area contributed by atoms with E-state index in [4.69, 9.17) is 10.2 Å². The average molecular weight is 284 g/mol. The van der Waals surface area contributed by atoms with Gasteiger partial charge in [-0.2, -0.15) is 0 Å². The summed E-state index contributed by atoms with van der Waals surface area (Å²) < 4.78 is 22.3. The zero-order chi connectivity index (χ0) is 14.2. The van der Waals surface area contributed by atoms with Gasteiger partial charge in [-0.1, -0.05) is 0 Å². The Morgan fingerprint density at radius 1 is 1.37 bits per heavy atom. The third kappa shape index (κ3) is 2.71. The van der Waals surface area contributed by atoms with E-state index < -0.39 is 21.9 Å². The van der Waals surface area contributed by atoms with Gasteiger partial charge in [0, 0.05) is 18.3 Å². The van der Waals surface area contributed by atoms with Crippen LogP contribution in [0.1, 0.15) is 13.3 Å². The van der Waals surface area contributed by atoms with Crippen molar-refractivity contribution >= 4 is 21.7 Å². The van der Waals surface area contributed by atoms with Gasteiger partial charge in [0.25, 0.3) is 0 Å². The first-order chi connectivity index (χ1) is 8.80. The predicted octanol–water partition coefficient (Wildman–Crippen LogP) is 0.633. The van der Waals surface area contributed by atoms with E-state index in [-0.39, 0.29) is 10.9 Å². The molecule has 19 heavy (non-hydrogen) atoms. The van der Waals surface area contributed by atoms with Gasteiger partial charge < -0.3 is 10.0 Å². The molecule has 1 aliphatic rings. The highest BCUT2D eigenvalue weighted by molar-refractivity contribution is 7.89. The molecule has 1 saturated heterocycles. The number of carbonyl (C=O) groups is 1. The molecule has 0 spiro atoms. The second kappa shape index (κ2) is 4.82. The summed E-state index contributed by atoms with van der Waals surface area (Å²) in [6.45, 7) is 2.51. The summed E-state index contributed by atoms with van der Waals surface area (Å²) in [5.74, 6) is -1.19. The van der Waals surface area contributed by atoms with Crippen LogP contribution in [-0.4, -0.2) is 32.1 Å². The molecule has 104 valence electrons. The van der Waals surface area contributed by atoms with Gasteiger partial charge in [-0.15, -0.1) is 0 Å². The Hall–Kier alpha value is -1.60. The highest BCUT2D eigenvalue weighted by Crippen LogP contribution is 2.30. The van der Waals surface area contributed by atoms with E-state index in [2.05, 4.69) is 0 Å². The molecule has 0 aromatic heterocycles. The Balaban J connectivity index is 2.22. The number of hydrogen-bond acceptors (Lipinski definition) is 4. The molecule has 1 aromatic carbocycles. The molecular weight excluding hydrogens is 268 g/mol. The van der Waals surface area contributed by atoms with Gasteiger partial charge in [-0.3, -0.25) is 4.79 Å². The van der Waals surface area contributed by atoms with Crippen molar-refractivity contribution in [3.63, 3.8) is 0 Å². The third-order valence-corrected chi connectivity index (χ3v) is 4.50. The van der Waals surface area contributed by atoms with Gasteiger partial charge >= 0.3 is 5.97 Å². The van der Waals surface area contributed by atoms with E-state index in [9.17, 15) is 13.2 Å². The van der Waals surface area contributed by atoms with Crippen molar-refractivity contribution in [2.45, 2.75) is 24.3 Å². The Bertz CT molecular complexity index is 582. The van der Waals surface area contributed by atoms with Crippen LogP contribution in [0.4, 0.5) is 5.69 Å². The highest BCUT2D eigenvalue weighted by Gasteiger charge is 2.35. The Labute approximate surface area is 111 Å². The first kappa shape index (κ1) is 13.8. The molecule has 0 saturated carbocycles. The van der Waals surface area contributed by atoms with E-state index >= 15 is 0 Å². The first-order valence-corrected chi connectivity index (χ1v) is 7.47. The Morgan fingerprint density at radius 2 is 1.95 bits per heavy atom. The van der Waals surface area contributed by atoms with Gasteiger partial charge in [-0.05, 0) is 37.6 Å². The molecule has 1 aromatic rings. The van der Waals surface area contributed by atoms with Crippen molar-refractivity contribution in [3.05, 3.63) is 24.3 Å². The summed E-state index contributed by atoms with van der Waals surface area (Å²) in [5, 5.41) is 14.1. The number of aliphatic carboxylic acids is 1. The monoisotopic (exact) mass is 284 g/mol. The summed E-state index contributed by atoms with van der Waals surface area (Å²) in [4.78, 5) is 13.1. The summed E-state index contributed by atoms with van der Waals surface area (Å²) >= 11 is 0. The van der Waals surface area contributed by atoms with Crippen molar-refractivity contribution in [2.75, 3.05) is 11.4 Å². The largest absolute Gasteiger partial charge is 0.481 e. The van der Waals surface area contributed by atoms with Gasteiger partial charge in [0.05, 0.1) is 10.8 Å². The molecule has 2 rings (SSSR count). The van der Waals surface area contributed by atoms with Crippen LogP contribution < -0.4 is 10.0 Å². The number of carboxylic acid groups (broad SMARTS) is 1. The summed E-state index contributed by atoms with van der Waals surface area (Å²) in [5.41, 5.74) is 0.809. The Morgan fingerprint density at radius 3 is 2.37 bits per heavy atom. The number of primary sulfonamides is 1. The lowest BCUT2D eigenvalue weighted by atomic mass is 10.0. The molecule has 7 heteroatoms. The lowest BCUT2D eigenvalue weighted by Crippen LogP contribution is -2.32. The maximum Gasteiger partial charge on any atom is 0.308 e. The van der Waals surface area contributed by atoms with E-state index in [1.807, 2.05) is 11.8 Å². The minimum Gasteiger partial charge on any atom is -0.481 e. The average Bonchev–Trinajstić information content (AvgIpc) is 2.70. The van der Waals surface area contributed by atoms with Crippen LogP contribution in [0.5, 0.6) is 0 Å². The van der Waals surface area contributed by atoms with Gasteiger partial charge in [0.15, 0.2) is 0 Å². The maximum absolute atomic E-state index is 11.2. The number of nitrogens with zero attached hydrogens (tertiary/aromatic N) is 1. The van der Waals surface area contributed by atoms with Crippen LogP contribution in [0, 0.1) is 5.92 Å². The molecule has 0 radical (unpaired) electrons. The lowest BCUT2D eigenvalue weighted by molar-refractivity contribution is -0.141. The normalized spacial score (nSPS) is 23.6. The van der Waals surface area contributed by atoms with E-state index in [0.29, 0.717) is 13.0 Å². The number of nitrogens with two attached hydrogens (primary N) is 1. The summed E-state index contributed by atoms with van der Waals surface area (Å²) in [6.07, 6.45) is 0.591. The fourth-order valence-corrected chi connectivity index (χ4v) is 2.98. The maximum atomic E-state index is 11.2. The van der Waals surface area contributed by atoms with Gasteiger partial charge in [-0.25, -0.2) is 13.6 Å². The van der Waals surface area contributed by atoms with Crippen LogP contribution in [0.25, 0.3) is 0 Å². The van der Waals surface area contributed by atoms with Crippen LogP contribution in [0.3, 0.4) is 0 Å². The van der Waals surface area contributed by atoms with Crippen LogP contribution in [0.2, 0.25) is 0 Å². The van der Waals surface area contributed by atoms with E-state index in [1.165, 1.54) is 12.1 Å². The van der Waals surface area contributed by atoms with Crippen molar-refractivity contribution < 1.29 is 18.3 Å². The molecule has 2 unspecified atom stereocenters. The molecule has 0 aliphatic carbocycles. The van der Waals surface area contributed by atoms with Crippen molar-refractivity contribution in [1.29, 1.82) is 0 Å². The quantitative estimate of drug-likeness (QED) is 0.848. The van der Waals surface area contributed by atoms with Gasteiger partial charge in [0.1, 0.15) is 0 Å². The number of carboxylic acids is 1. The molecule has 1 fully saturated rings. The SMILES string of the molecule is CC1C(C(=O)O)CCN1c1ccc(S(N)(=O)=O)cc1. The first-order valence-electron chi connectivity index (χ1n) is 5.93. The standard InChI is InChI=1S/C12H16N2O4S/c1-8-11(12(15)16)6-7-14(8)9-2-4-10(5-3-9)19(13,17)18/h2-5,8,11H,6-7H2,1H3,(H,15,16)(H2,13,17,18). The zero-order valence-electron chi connectivity index (χ0n) is 10.5. The molecule has 0 bridgehead atoms. The second-order valence-electron chi connectivity index (χ2n) is 4.71. The number of sulfonamides is 1. The van der Waals surface area contributed by atoms with Crippen molar-refractivity contribution in [1.82, 2.24) is 0 Å². The van der Waals surface area contributed by atoms with Crippen LogP contribution in [-0.2, 0) is 14.8 Å². The number of benzene rings is 1. The topological polar surface area (TPSA) is 101 Å². The smallest absolute Gasteiger partial charge is 0.308 e. The van der Waals surface area contributed by atoms with Crippen molar-refractivity contribution in [2.24, 2.45) is 11.1 Å². The predicted molar refractivity (Wildman–Crippen MR) is 70.4 cm³/mol. The molecule has 1 heterocycles. The molecule has 3 N–H and O–H groups in total. The molecule has 6 nitrogen and oxygen atoms in total. The number of anilines is 1. The molecular formula is C12H16N2O4S. The zero-order valence-corrected chi connectivity index (χ0v) is 11.3. The van der Waals surface area contributed by atoms with E-state index in [1.54, 1.807) is 12.1 Å². The number of rotatable bonds is 3. The fourth-order valence-electron chi connectivity index (χ4n) is 2.46. The summed E-state index contributed by atoms with van der Waals surface area (Å²) in [6, 6.07) is 6.07.